The highest BCUT2D eigenvalue weighted by Crippen LogP contribution is 2.30. The molecule has 1 aromatic rings. The zero-order valence-electron chi connectivity index (χ0n) is 10.6. The fraction of sp³-hybridized carbons (Fsp3) is 0.571. The van der Waals surface area contributed by atoms with Crippen molar-refractivity contribution in [2.24, 2.45) is 5.73 Å². The predicted octanol–water partition coefficient (Wildman–Crippen LogP) is 2.54. The molecule has 1 saturated carbocycles. The maximum atomic E-state index is 9.23. The summed E-state index contributed by atoms with van der Waals surface area (Å²) in [6.45, 7) is 1.30. The van der Waals surface area contributed by atoms with Gasteiger partial charge in [-0.3, -0.25) is 0 Å². The number of aliphatic hydroxyl groups is 1. The molecule has 0 amide bonds. The third-order valence-corrected chi connectivity index (χ3v) is 4.05. The van der Waals surface area contributed by atoms with Gasteiger partial charge in [0, 0.05) is 29.8 Å². The average Bonchev–Trinajstić information content (AvgIpc) is 2.89. The number of nitrogens with two attached hydrogens (primary N) is 1. The van der Waals surface area contributed by atoms with Gasteiger partial charge in [0.2, 0.25) is 0 Å². The predicted molar refractivity (Wildman–Crippen MR) is 76.0 cm³/mol. The maximum absolute atomic E-state index is 9.23. The Hall–Kier alpha value is -0.770. The number of hydrogen-bond acceptors (Lipinski definition) is 3. The van der Waals surface area contributed by atoms with Crippen LogP contribution in [-0.4, -0.2) is 24.3 Å². The molecule has 3 N–H and O–H groups in total. The third-order valence-electron chi connectivity index (χ3n) is 3.69. The molecule has 0 spiro atoms. The summed E-state index contributed by atoms with van der Waals surface area (Å²) in [5.74, 6) is 0. The van der Waals surface area contributed by atoms with Gasteiger partial charge in [0.15, 0.2) is 0 Å². The summed E-state index contributed by atoms with van der Waals surface area (Å²) < 4.78 is 0. The van der Waals surface area contributed by atoms with E-state index in [0.717, 1.165) is 16.3 Å². The maximum Gasteiger partial charge on any atom is 0.0606 e. The van der Waals surface area contributed by atoms with E-state index in [0.29, 0.717) is 19.1 Å². The smallest absolute Gasteiger partial charge is 0.0606 e. The molecule has 18 heavy (non-hydrogen) atoms. The Kier molecular flexibility index (Phi) is 4.87. The Morgan fingerprint density at radius 1 is 1.33 bits per heavy atom. The van der Waals surface area contributed by atoms with E-state index in [1.54, 1.807) is 0 Å². The van der Waals surface area contributed by atoms with Gasteiger partial charge in [-0.15, -0.1) is 0 Å². The van der Waals surface area contributed by atoms with Crippen molar-refractivity contribution in [2.75, 3.05) is 18.1 Å². The first kappa shape index (κ1) is 13.7. The monoisotopic (exact) mass is 268 g/mol. The van der Waals surface area contributed by atoms with Gasteiger partial charge in [-0.1, -0.05) is 30.5 Å². The molecule has 1 aromatic carbocycles. The van der Waals surface area contributed by atoms with Crippen molar-refractivity contribution < 1.29 is 5.11 Å². The van der Waals surface area contributed by atoms with Crippen LogP contribution in [0.3, 0.4) is 0 Å². The minimum atomic E-state index is 0.173. The molecule has 2 rings (SSSR count). The van der Waals surface area contributed by atoms with Crippen LogP contribution < -0.4 is 10.6 Å². The van der Waals surface area contributed by atoms with Crippen LogP contribution in [0, 0.1) is 0 Å². The lowest BCUT2D eigenvalue weighted by Crippen LogP contribution is -2.35. The summed E-state index contributed by atoms with van der Waals surface area (Å²) >= 11 is 6.21. The first-order valence-corrected chi connectivity index (χ1v) is 7.00. The van der Waals surface area contributed by atoms with Crippen molar-refractivity contribution in [2.45, 2.75) is 38.3 Å². The fourth-order valence-corrected chi connectivity index (χ4v) is 2.98. The quantitative estimate of drug-likeness (QED) is 0.863. The summed E-state index contributed by atoms with van der Waals surface area (Å²) in [6, 6.07) is 6.55. The lowest BCUT2D eigenvalue weighted by Gasteiger charge is -2.31. The number of halogens is 1. The molecule has 0 unspecified atom stereocenters. The van der Waals surface area contributed by atoms with Gasteiger partial charge in [0.1, 0.15) is 0 Å². The summed E-state index contributed by atoms with van der Waals surface area (Å²) in [7, 11) is 0. The Balaban J connectivity index is 2.21. The number of aliphatic hydroxyl groups excluding tert-OH is 1. The van der Waals surface area contributed by atoms with Crippen molar-refractivity contribution in [3.8, 4) is 0 Å². The summed E-state index contributed by atoms with van der Waals surface area (Å²) in [5.41, 5.74) is 7.68. The molecule has 3 nitrogen and oxygen atoms in total. The number of rotatable bonds is 5. The number of anilines is 1. The van der Waals surface area contributed by atoms with E-state index in [2.05, 4.69) is 11.0 Å². The van der Waals surface area contributed by atoms with Crippen molar-refractivity contribution >= 4 is 17.3 Å². The van der Waals surface area contributed by atoms with Gasteiger partial charge in [0.25, 0.3) is 0 Å². The van der Waals surface area contributed by atoms with Crippen molar-refractivity contribution in [3.63, 3.8) is 0 Å². The van der Waals surface area contributed by atoms with Gasteiger partial charge in [-0.2, -0.15) is 0 Å². The fourth-order valence-electron chi connectivity index (χ4n) is 2.73. The SMILES string of the molecule is NCc1ccc(N(CCO)C2CCCC2)cc1Cl. The molecule has 0 heterocycles. The van der Waals surface area contributed by atoms with Gasteiger partial charge in [-0.05, 0) is 30.5 Å². The van der Waals surface area contributed by atoms with E-state index < -0.39 is 0 Å². The first-order valence-electron chi connectivity index (χ1n) is 6.62. The molecular formula is C14H21ClN2O. The Morgan fingerprint density at radius 2 is 2.06 bits per heavy atom. The molecule has 1 fully saturated rings. The second-order valence-corrected chi connectivity index (χ2v) is 5.24. The molecule has 100 valence electrons. The molecule has 0 aromatic heterocycles. The van der Waals surface area contributed by atoms with Gasteiger partial charge in [0.05, 0.1) is 6.61 Å². The second kappa shape index (κ2) is 6.41. The molecule has 1 aliphatic carbocycles. The highest BCUT2D eigenvalue weighted by Gasteiger charge is 2.22. The van der Waals surface area contributed by atoms with Crippen LogP contribution in [0.15, 0.2) is 18.2 Å². The highest BCUT2D eigenvalue weighted by molar-refractivity contribution is 6.31. The largest absolute Gasteiger partial charge is 0.395 e. The zero-order valence-corrected chi connectivity index (χ0v) is 11.4. The average molecular weight is 269 g/mol. The Labute approximate surface area is 114 Å². The van der Waals surface area contributed by atoms with Crippen molar-refractivity contribution in [3.05, 3.63) is 28.8 Å². The second-order valence-electron chi connectivity index (χ2n) is 4.84. The van der Waals surface area contributed by atoms with E-state index >= 15 is 0 Å². The minimum Gasteiger partial charge on any atom is -0.395 e. The van der Waals surface area contributed by atoms with E-state index in [1.165, 1.54) is 25.7 Å². The molecule has 0 atom stereocenters. The lowest BCUT2D eigenvalue weighted by atomic mass is 10.1. The molecule has 0 saturated heterocycles. The topological polar surface area (TPSA) is 49.5 Å². The van der Waals surface area contributed by atoms with Crippen LogP contribution in [0.1, 0.15) is 31.2 Å². The lowest BCUT2D eigenvalue weighted by molar-refractivity contribution is 0.297. The van der Waals surface area contributed by atoms with Crippen LogP contribution in [0.25, 0.3) is 0 Å². The third kappa shape index (κ3) is 2.97. The van der Waals surface area contributed by atoms with E-state index in [1.807, 2.05) is 12.1 Å². The van der Waals surface area contributed by atoms with Gasteiger partial charge < -0.3 is 15.7 Å². The van der Waals surface area contributed by atoms with E-state index in [-0.39, 0.29) is 6.61 Å². The highest BCUT2D eigenvalue weighted by atomic mass is 35.5. The van der Waals surface area contributed by atoms with Crippen molar-refractivity contribution in [1.29, 1.82) is 0 Å². The summed E-state index contributed by atoms with van der Waals surface area (Å²) in [5, 5.41) is 9.95. The summed E-state index contributed by atoms with van der Waals surface area (Å²) in [4.78, 5) is 2.28. The van der Waals surface area contributed by atoms with Gasteiger partial charge in [-0.25, -0.2) is 0 Å². The molecule has 4 heteroatoms. The number of benzene rings is 1. The van der Waals surface area contributed by atoms with E-state index in [4.69, 9.17) is 17.3 Å². The van der Waals surface area contributed by atoms with E-state index in [9.17, 15) is 5.11 Å². The van der Waals surface area contributed by atoms with Gasteiger partial charge >= 0.3 is 0 Å². The standard InChI is InChI=1S/C14H21ClN2O/c15-14-9-13(6-5-11(14)10-16)17(7-8-18)12-3-1-2-4-12/h5-6,9,12,18H,1-4,7-8,10,16H2. The number of hydrogen-bond donors (Lipinski definition) is 2. The molecule has 1 aliphatic rings. The molecule has 0 aliphatic heterocycles. The minimum absolute atomic E-state index is 0.173. The van der Waals surface area contributed by atoms with Crippen LogP contribution >= 0.6 is 11.6 Å². The molecular weight excluding hydrogens is 248 g/mol. The van der Waals surface area contributed by atoms with Crippen LogP contribution in [0.2, 0.25) is 5.02 Å². The Morgan fingerprint density at radius 3 is 2.61 bits per heavy atom. The first-order chi connectivity index (χ1) is 8.76. The number of nitrogens with zero attached hydrogens (tertiary/aromatic N) is 1. The Bertz CT molecular complexity index is 391. The van der Waals surface area contributed by atoms with Crippen LogP contribution in [0.4, 0.5) is 5.69 Å². The molecule has 0 bridgehead atoms. The van der Waals surface area contributed by atoms with Crippen LogP contribution in [-0.2, 0) is 6.54 Å². The van der Waals surface area contributed by atoms with Crippen molar-refractivity contribution in [1.82, 2.24) is 0 Å². The zero-order chi connectivity index (χ0) is 13.0. The molecule has 0 radical (unpaired) electrons. The van der Waals surface area contributed by atoms with Crippen LogP contribution in [0.5, 0.6) is 0 Å². The summed E-state index contributed by atoms with van der Waals surface area (Å²) in [6.07, 6.45) is 4.97. The normalized spacial score (nSPS) is 16.2.